The lowest BCUT2D eigenvalue weighted by molar-refractivity contribution is -0.302. The molecule has 3 aliphatic rings. The maximum absolute atomic E-state index is 15.1. The van der Waals surface area contributed by atoms with Crippen molar-refractivity contribution in [2.75, 3.05) is 27.2 Å². The van der Waals surface area contributed by atoms with E-state index in [4.69, 9.17) is 28.4 Å². The normalized spacial score (nSPS) is 34.3. The SMILES string of the molecule is C=CCN(C)[C@H]1C[C@@H](C)O[C@@H](O[C@@H]2[C@@H](C)[C@H](OC(=O)Cc3ccccn3)[C@@H](C)C(=O)O[C@H](CC)[C@@]3(C)OC(=O)N(CCCCn4ccc5cccnc54)[C@H]3[C@@H](C)C(=O)[C@H](C)C[C@@]2(C)OC)[C@@H]1O. The maximum Gasteiger partial charge on any atom is 0.410 e. The second kappa shape index (κ2) is 22.1. The number of hydrogen-bond donors (Lipinski definition) is 1. The van der Waals surface area contributed by atoms with Crippen molar-refractivity contribution >= 4 is 34.8 Å². The van der Waals surface area contributed by atoms with Crippen LogP contribution in [0.15, 0.2) is 67.6 Å². The number of hydrogen-bond acceptors (Lipinski definition) is 14. The molecule has 3 fully saturated rings. The zero-order valence-electron chi connectivity index (χ0n) is 41.0. The molecule has 3 aliphatic heterocycles. The van der Waals surface area contributed by atoms with Crippen LogP contribution in [0, 0.1) is 23.7 Å². The van der Waals surface area contributed by atoms with Gasteiger partial charge in [0.15, 0.2) is 11.9 Å². The summed E-state index contributed by atoms with van der Waals surface area (Å²) in [5, 5.41) is 13.0. The van der Waals surface area contributed by atoms with E-state index >= 15 is 4.79 Å². The highest BCUT2D eigenvalue weighted by atomic mass is 16.7. The van der Waals surface area contributed by atoms with E-state index < -0.39 is 89.7 Å². The summed E-state index contributed by atoms with van der Waals surface area (Å²) in [4.78, 5) is 70.3. The van der Waals surface area contributed by atoms with E-state index in [0.29, 0.717) is 44.6 Å². The number of cyclic esters (lactones) is 1. The van der Waals surface area contributed by atoms with Gasteiger partial charge in [0.1, 0.15) is 29.7 Å². The Morgan fingerprint density at radius 2 is 1.75 bits per heavy atom. The quantitative estimate of drug-likeness (QED) is 0.0749. The van der Waals surface area contributed by atoms with Crippen molar-refractivity contribution in [3.8, 4) is 0 Å². The van der Waals surface area contributed by atoms with E-state index in [2.05, 4.69) is 21.1 Å². The van der Waals surface area contributed by atoms with Crippen molar-refractivity contribution in [1.82, 2.24) is 24.3 Å². The number of carbonyl (C=O) groups is 4. The van der Waals surface area contributed by atoms with E-state index in [1.807, 2.05) is 71.0 Å². The molecule has 3 aromatic rings. The topological polar surface area (TPSA) is 181 Å². The summed E-state index contributed by atoms with van der Waals surface area (Å²) in [5.74, 6) is -4.87. The first-order valence-corrected chi connectivity index (χ1v) is 24.0. The Morgan fingerprint density at radius 3 is 2.43 bits per heavy atom. The van der Waals surface area contributed by atoms with Crippen LogP contribution in [0.25, 0.3) is 11.0 Å². The number of carbonyl (C=O) groups excluding carboxylic acids is 4. The summed E-state index contributed by atoms with van der Waals surface area (Å²) < 4.78 is 40.8. The molecule has 0 bridgehead atoms. The molecule has 1 N–H and O–H groups in total. The summed E-state index contributed by atoms with van der Waals surface area (Å²) >= 11 is 0. The van der Waals surface area contributed by atoms with Gasteiger partial charge >= 0.3 is 18.0 Å². The van der Waals surface area contributed by atoms with Crippen molar-refractivity contribution in [3.63, 3.8) is 0 Å². The van der Waals surface area contributed by atoms with Gasteiger partial charge in [0.05, 0.1) is 41.9 Å². The molecule has 6 rings (SSSR count). The highest BCUT2D eigenvalue weighted by Crippen LogP contribution is 2.44. The van der Waals surface area contributed by atoms with E-state index in [1.165, 1.54) is 7.11 Å². The molecule has 0 spiro atoms. The molecular formula is C51H73N5O11. The molecule has 14 atom stereocenters. The van der Waals surface area contributed by atoms with Gasteiger partial charge in [-0.2, -0.15) is 0 Å². The fourth-order valence-corrected chi connectivity index (χ4v) is 10.9. The fourth-order valence-electron chi connectivity index (χ4n) is 10.9. The van der Waals surface area contributed by atoms with Gasteiger partial charge in [-0.25, -0.2) is 9.78 Å². The Labute approximate surface area is 395 Å². The number of amides is 1. The molecule has 368 valence electrons. The summed E-state index contributed by atoms with van der Waals surface area (Å²) in [6, 6.07) is 9.99. The largest absolute Gasteiger partial charge is 0.461 e. The van der Waals surface area contributed by atoms with Crippen LogP contribution in [0.1, 0.15) is 93.2 Å². The minimum atomic E-state index is -1.44. The van der Waals surface area contributed by atoms with Gasteiger partial charge in [-0.3, -0.25) is 24.3 Å². The highest BCUT2D eigenvalue weighted by molar-refractivity contribution is 5.85. The van der Waals surface area contributed by atoms with Crippen molar-refractivity contribution in [2.45, 2.75) is 161 Å². The van der Waals surface area contributed by atoms with Crippen molar-refractivity contribution in [3.05, 3.63) is 73.3 Å². The van der Waals surface area contributed by atoms with Crippen LogP contribution in [0.5, 0.6) is 0 Å². The standard InChI is InChI=1S/C51H73N5O11/c1-12-24-54(10)38-28-32(4)63-48(42(38)59)66-45-34(6)43(65-40(57)29-37-20-14-15-22-52-37)35(7)47(60)64-39(13-2)51(9)44(33(5)41(58)31(3)30-50(45,8)62-11)56(49(61)67-51)26-17-16-25-55-27-21-36-19-18-23-53-46(36)55/h12,14-15,18-23,27,31-35,38-39,42-45,48,59H,1,13,16-17,24-26,28-30H2,2-11H3/t31-,32-,33+,34+,35-,38+,39-,42-,43+,44+,45-,48+,50-,51-/m1/s1. The molecule has 0 saturated carbocycles. The number of fused-ring (bicyclic) bond motifs is 2. The first-order chi connectivity index (χ1) is 31.9. The van der Waals surface area contributed by atoms with E-state index in [0.717, 1.165) is 11.0 Å². The lowest BCUT2D eigenvalue weighted by Gasteiger charge is -2.48. The predicted molar refractivity (Wildman–Crippen MR) is 250 cm³/mol. The molecule has 0 unspecified atom stereocenters. The minimum Gasteiger partial charge on any atom is -0.461 e. The fraction of sp³-hybridized carbons (Fsp3) is 0.647. The number of aliphatic hydroxyl groups is 1. The Balaban J connectivity index is 1.37. The lowest BCUT2D eigenvalue weighted by Crippen LogP contribution is -2.61. The van der Waals surface area contributed by atoms with Crippen LogP contribution in [-0.2, 0) is 55.8 Å². The zero-order chi connectivity index (χ0) is 48.8. The van der Waals surface area contributed by atoms with Gasteiger partial charge in [-0.15, -0.1) is 6.58 Å². The monoisotopic (exact) mass is 932 g/mol. The molecule has 0 aliphatic carbocycles. The summed E-state index contributed by atoms with van der Waals surface area (Å²) in [6.45, 7) is 19.7. The molecular weight excluding hydrogens is 859 g/mol. The number of methoxy groups -OCH3 is 1. The molecule has 16 heteroatoms. The number of ketones is 1. The molecule has 16 nitrogen and oxygen atoms in total. The average Bonchev–Trinajstić information content (AvgIpc) is 3.84. The Kier molecular flexibility index (Phi) is 17.1. The van der Waals surface area contributed by atoms with E-state index in [1.54, 1.807) is 62.3 Å². The van der Waals surface area contributed by atoms with E-state index in [-0.39, 0.29) is 37.2 Å². The predicted octanol–water partition coefficient (Wildman–Crippen LogP) is 6.56. The van der Waals surface area contributed by atoms with Gasteiger partial charge in [-0.1, -0.05) is 39.8 Å². The maximum atomic E-state index is 15.1. The van der Waals surface area contributed by atoms with Crippen LogP contribution in [0.4, 0.5) is 4.79 Å². The van der Waals surface area contributed by atoms with Gasteiger partial charge in [-0.05, 0) is 97.2 Å². The summed E-state index contributed by atoms with van der Waals surface area (Å²) in [5.41, 5.74) is -1.39. The second-order valence-corrected chi connectivity index (χ2v) is 19.5. The number of esters is 2. The summed E-state index contributed by atoms with van der Waals surface area (Å²) in [7, 11) is 3.42. The van der Waals surface area contributed by atoms with E-state index in [9.17, 15) is 19.5 Å². The van der Waals surface area contributed by atoms with Crippen molar-refractivity contribution < 1.29 is 52.7 Å². The summed E-state index contributed by atoms with van der Waals surface area (Å²) in [6.07, 6.45) is 2.70. The van der Waals surface area contributed by atoms with Gasteiger partial charge in [0, 0.05) is 74.5 Å². The van der Waals surface area contributed by atoms with Gasteiger partial charge in [0.25, 0.3) is 0 Å². The minimum absolute atomic E-state index is 0.113. The number of rotatable bonds is 15. The third kappa shape index (κ3) is 11.3. The Hall–Kier alpha value is -4.74. The third-order valence-corrected chi connectivity index (χ3v) is 14.5. The number of aryl methyl sites for hydroxylation is 1. The number of unbranched alkanes of at least 4 members (excludes halogenated alkanes) is 1. The zero-order valence-corrected chi connectivity index (χ0v) is 41.0. The first kappa shape index (κ1) is 51.6. The first-order valence-electron chi connectivity index (χ1n) is 24.0. The molecule has 1 amide bonds. The Morgan fingerprint density at radius 1 is 1.01 bits per heavy atom. The van der Waals surface area contributed by atoms with Crippen LogP contribution >= 0.6 is 0 Å². The average molecular weight is 932 g/mol. The number of nitrogens with zero attached hydrogens (tertiary/aromatic N) is 5. The number of aliphatic hydroxyl groups excluding tert-OH is 1. The van der Waals surface area contributed by atoms with Crippen LogP contribution in [0.3, 0.4) is 0 Å². The molecule has 6 heterocycles. The van der Waals surface area contributed by atoms with Gasteiger partial charge in [0.2, 0.25) is 0 Å². The van der Waals surface area contributed by atoms with Crippen molar-refractivity contribution in [1.29, 1.82) is 0 Å². The molecule has 0 aromatic carbocycles. The third-order valence-electron chi connectivity index (χ3n) is 14.5. The molecule has 3 saturated heterocycles. The smallest absolute Gasteiger partial charge is 0.410 e. The van der Waals surface area contributed by atoms with Crippen LogP contribution in [0.2, 0.25) is 0 Å². The second-order valence-electron chi connectivity index (χ2n) is 19.5. The van der Waals surface area contributed by atoms with Crippen molar-refractivity contribution in [2.24, 2.45) is 23.7 Å². The number of likely N-dealkylation sites (N-methyl/N-ethyl adjacent to an activating group) is 1. The molecule has 3 aromatic heterocycles. The molecule has 67 heavy (non-hydrogen) atoms. The number of aromatic nitrogens is 3. The van der Waals surface area contributed by atoms with Crippen LogP contribution in [-0.4, -0.2) is 141 Å². The lowest BCUT2D eigenvalue weighted by atomic mass is 9.73. The number of ether oxygens (including phenoxy) is 6. The number of pyridine rings is 2. The van der Waals surface area contributed by atoms with Gasteiger partial charge < -0.3 is 43.0 Å². The highest BCUT2D eigenvalue weighted by Gasteiger charge is 2.60. The number of Topliss-reactive ketones (excluding diaryl/α,β-unsaturated/α-hetero) is 1. The molecule has 0 radical (unpaired) electrons. The van der Waals surface area contributed by atoms with Crippen LogP contribution < -0.4 is 0 Å². The Bertz CT molecular complexity index is 2170.